The second kappa shape index (κ2) is 5.67. The molecule has 1 unspecified atom stereocenters. The summed E-state index contributed by atoms with van der Waals surface area (Å²) >= 11 is 0. The van der Waals surface area contributed by atoms with Crippen LogP contribution in [0.25, 0.3) is 10.8 Å². The van der Waals surface area contributed by atoms with Crippen LogP contribution < -0.4 is 0 Å². The molecular formula is C17H20. The monoisotopic (exact) mass is 224 g/mol. The standard InChI is InChI=1S/C17H20/c1-3-4-5-8-14(2)16-12-11-15-9-6-7-10-17(15)13-16/h3,6-7,9-14H,1,4-5,8H2,2H3. The van der Waals surface area contributed by atoms with E-state index in [1.54, 1.807) is 0 Å². The van der Waals surface area contributed by atoms with Crippen molar-refractivity contribution in [3.8, 4) is 0 Å². The lowest BCUT2D eigenvalue weighted by atomic mass is 9.93. The molecule has 0 aromatic heterocycles. The summed E-state index contributed by atoms with van der Waals surface area (Å²) in [5.41, 5.74) is 1.45. The lowest BCUT2D eigenvalue weighted by molar-refractivity contribution is 0.641. The van der Waals surface area contributed by atoms with Crippen molar-refractivity contribution in [2.45, 2.75) is 32.1 Å². The van der Waals surface area contributed by atoms with Gasteiger partial charge in [0.25, 0.3) is 0 Å². The summed E-state index contributed by atoms with van der Waals surface area (Å²) in [6, 6.07) is 15.4. The van der Waals surface area contributed by atoms with Gasteiger partial charge in [-0.25, -0.2) is 0 Å². The summed E-state index contributed by atoms with van der Waals surface area (Å²) in [5, 5.41) is 2.68. The molecule has 1 atom stereocenters. The molecule has 0 saturated carbocycles. The topological polar surface area (TPSA) is 0 Å². The molecule has 2 aromatic rings. The molecule has 2 rings (SSSR count). The van der Waals surface area contributed by atoms with Gasteiger partial charge in [-0.05, 0) is 41.5 Å². The second-order valence-electron chi connectivity index (χ2n) is 4.73. The van der Waals surface area contributed by atoms with Gasteiger partial charge >= 0.3 is 0 Å². The van der Waals surface area contributed by atoms with Gasteiger partial charge in [0.1, 0.15) is 0 Å². The average molecular weight is 224 g/mol. The van der Waals surface area contributed by atoms with E-state index < -0.39 is 0 Å². The Bertz CT molecular complexity index is 496. The molecule has 0 aliphatic rings. The van der Waals surface area contributed by atoms with Crippen LogP contribution in [0.3, 0.4) is 0 Å². The van der Waals surface area contributed by atoms with Gasteiger partial charge < -0.3 is 0 Å². The molecule has 0 N–H and O–H groups in total. The maximum Gasteiger partial charge on any atom is -0.0181 e. The van der Waals surface area contributed by atoms with Crippen molar-refractivity contribution in [1.29, 1.82) is 0 Å². The van der Waals surface area contributed by atoms with Gasteiger partial charge in [0, 0.05) is 0 Å². The van der Waals surface area contributed by atoms with E-state index >= 15 is 0 Å². The summed E-state index contributed by atoms with van der Waals surface area (Å²) in [5.74, 6) is 0.638. The minimum absolute atomic E-state index is 0.638. The number of allylic oxidation sites excluding steroid dienone is 1. The number of unbranched alkanes of at least 4 members (excludes halogenated alkanes) is 1. The van der Waals surface area contributed by atoms with Crippen molar-refractivity contribution in [2.24, 2.45) is 0 Å². The summed E-state index contributed by atoms with van der Waals surface area (Å²) in [7, 11) is 0. The summed E-state index contributed by atoms with van der Waals surface area (Å²) in [4.78, 5) is 0. The van der Waals surface area contributed by atoms with Gasteiger partial charge in [-0.2, -0.15) is 0 Å². The van der Waals surface area contributed by atoms with Crippen molar-refractivity contribution in [3.05, 3.63) is 60.7 Å². The predicted molar refractivity (Wildman–Crippen MR) is 76.4 cm³/mol. The first-order chi connectivity index (χ1) is 8.31. The molecule has 0 spiro atoms. The first-order valence-electron chi connectivity index (χ1n) is 6.41. The maximum absolute atomic E-state index is 3.77. The number of hydrogen-bond donors (Lipinski definition) is 0. The van der Waals surface area contributed by atoms with E-state index in [1.165, 1.54) is 29.2 Å². The van der Waals surface area contributed by atoms with Crippen LogP contribution in [0.1, 0.15) is 37.7 Å². The third-order valence-electron chi connectivity index (χ3n) is 3.39. The van der Waals surface area contributed by atoms with E-state index in [1.807, 2.05) is 6.08 Å². The van der Waals surface area contributed by atoms with E-state index in [4.69, 9.17) is 0 Å². The van der Waals surface area contributed by atoms with E-state index in [-0.39, 0.29) is 0 Å². The molecule has 0 radical (unpaired) electrons. The zero-order valence-corrected chi connectivity index (χ0v) is 10.5. The van der Waals surface area contributed by atoms with Gasteiger partial charge in [0.2, 0.25) is 0 Å². The highest BCUT2D eigenvalue weighted by molar-refractivity contribution is 5.83. The summed E-state index contributed by atoms with van der Waals surface area (Å²) in [6.45, 7) is 6.08. The van der Waals surface area contributed by atoms with Crippen LogP contribution in [0.2, 0.25) is 0 Å². The molecular weight excluding hydrogens is 204 g/mol. The van der Waals surface area contributed by atoms with Crippen molar-refractivity contribution < 1.29 is 0 Å². The Hall–Kier alpha value is -1.56. The van der Waals surface area contributed by atoms with Gasteiger partial charge in [-0.15, -0.1) is 6.58 Å². The Kier molecular flexibility index (Phi) is 3.98. The molecule has 0 amide bonds. The zero-order chi connectivity index (χ0) is 12.1. The normalized spacial score (nSPS) is 12.5. The molecule has 0 aliphatic carbocycles. The Labute approximate surface area is 104 Å². The third kappa shape index (κ3) is 2.97. The molecule has 88 valence electrons. The summed E-state index contributed by atoms with van der Waals surface area (Å²) < 4.78 is 0. The highest BCUT2D eigenvalue weighted by Crippen LogP contribution is 2.25. The molecule has 0 saturated heterocycles. The van der Waals surface area contributed by atoms with Crippen LogP contribution in [0.15, 0.2) is 55.1 Å². The van der Waals surface area contributed by atoms with Crippen LogP contribution in [0.4, 0.5) is 0 Å². The van der Waals surface area contributed by atoms with Gasteiger partial charge in [0.15, 0.2) is 0 Å². The Morgan fingerprint density at radius 1 is 1.12 bits per heavy atom. The van der Waals surface area contributed by atoms with Crippen LogP contribution in [-0.4, -0.2) is 0 Å². The highest BCUT2D eigenvalue weighted by atomic mass is 14.1. The van der Waals surface area contributed by atoms with E-state index in [0.29, 0.717) is 5.92 Å². The van der Waals surface area contributed by atoms with E-state index in [9.17, 15) is 0 Å². The van der Waals surface area contributed by atoms with Gasteiger partial charge in [0.05, 0.1) is 0 Å². The van der Waals surface area contributed by atoms with Crippen molar-refractivity contribution in [2.75, 3.05) is 0 Å². The smallest absolute Gasteiger partial charge is 0.0181 e. The Morgan fingerprint density at radius 2 is 1.88 bits per heavy atom. The lowest BCUT2D eigenvalue weighted by Crippen LogP contribution is -1.93. The minimum Gasteiger partial charge on any atom is -0.103 e. The number of rotatable bonds is 5. The Morgan fingerprint density at radius 3 is 2.65 bits per heavy atom. The van der Waals surface area contributed by atoms with Crippen molar-refractivity contribution in [3.63, 3.8) is 0 Å². The Balaban J connectivity index is 2.15. The fraction of sp³-hybridized carbons (Fsp3) is 0.294. The molecule has 0 heteroatoms. The average Bonchev–Trinajstić information content (AvgIpc) is 2.38. The minimum atomic E-state index is 0.638. The fourth-order valence-corrected chi connectivity index (χ4v) is 2.25. The third-order valence-corrected chi connectivity index (χ3v) is 3.39. The zero-order valence-electron chi connectivity index (χ0n) is 10.5. The highest BCUT2D eigenvalue weighted by Gasteiger charge is 2.05. The molecule has 0 bridgehead atoms. The first-order valence-corrected chi connectivity index (χ1v) is 6.41. The largest absolute Gasteiger partial charge is 0.103 e. The van der Waals surface area contributed by atoms with Gasteiger partial charge in [-0.3, -0.25) is 0 Å². The molecule has 0 nitrogen and oxygen atoms in total. The van der Waals surface area contributed by atoms with Crippen LogP contribution in [-0.2, 0) is 0 Å². The lowest BCUT2D eigenvalue weighted by Gasteiger charge is -2.12. The predicted octanol–water partition coefficient (Wildman–Crippen LogP) is 5.30. The van der Waals surface area contributed by atoms with Crippen LogP contribution in [0, 0.1) is 0 Å². The molecule has 2 aromatic carbocycles. The van der Waals surface area contributed by atoms with Gasteiger partial charge in [-0.1, -0.05) is 55.5 Å². The number of hydrogen-bond acceptors (Lipinski definition) is 0. The molecule has 0 aliphatic heterocycles. The maximum atomic E-state index is 3.77. The first kappa shape index (κ1) is 11.9. The number of fused-ring (bicyclic) bond motifs is 1. The quantitative estimate of drug-likeness (QED) is 0.477. The van der Waals surface area contributed by atoms with Crippen LogP contribution >= 0.6 is 0 Å². The SMILES string of the molecule is C=CCCCC(C)c1ccc2ccccc2c1. The van der Waals surface area contributed by atoms with Crippen LogP contribution in [0.5, 0.6) is 0 Å². The fourth-order valence-electron chi connectivity index (χ4n) is 2.25. The molecule has 0 fully saturated rings. The van der Waals surface area contributed by atoms with Crippen molar-refractivity contribution in [1.82, 2.24) is 0 Å². The van der Waals surface area contributed by atoms with E-state index in [2.05, 4.69) is 56.0 Å². The molecule has 17 heavy (non-hydrogen) atoms. The van der Waals surface area contributed by atoms with E-state index in [0.717, 1.165) is 6.42 Å². The molecule has 0 heterocycles. The second-order valence-corrected chi connectivity index (χ2v) is 4.73. The van der Waals surface area contributed by atoms with Crippen molar-refractivity contribution >= 4 is 10.8 Å². The number of benzene rings is 2. The summed E-state index contributed by atoms with van der Waals surface area (Å²) in [6.07, 6.45) is 5.60.